The molecule has 0 bridgehead atoms. The predicted octanol–water partition coefficient (Wildman–Crippen LogP) is 4.48. The quantitative estimate of drug-likeness (QED) is 0.850. The second kappa shape index (κ2) is 7.43. The molecule has 2 rings (SSSR count). The van der Waals surface area contributed by atoms with Crippen molar-refractivity contribution in [2.24, 2.45) is 0 Å². The molecule has 2 nitrogen and oxygen atoms in total. The molecule has 0 aromatic heterocycles. The fraction of sp³-hybridized carbons (Fsp3) is 0.294. The van der Waals surface area contributed by atoms with Gasteiger partial charge in [-0.2, -0.15) is 0 Å². The van der Waals surface area contributed by atoms with Crippen LogP contribution in [0, 0.1) is 12.7 Å². The number of halogens is 2. The minimum absolute atomic E-state index is 0.261. The van der Waals surface area contributed by atoms with Crippen LogP contribution >= 0.6 is 11.6 Å². The van der Waals surface area contributed by atoms with Gasteiger partial charge in [0.1, 0.15) is 18.2 Å². The number of hydrogen-bond acceptors (Lipinski definition) is 2. The third-order valence-electron chi connectivity index (χ3n) is 3.18. The van der Waals surface area contributed by atoms with Crippen molar-refractivity contribution < 1.29 is 9.13 Å². The lowest BCUT2D eigenvalue weighted by atomic mass is 10.1. The molecule has 0 saturated carbocycles. The summed E-state index contributed by atoms with van der Waals surface area (Å²) in [5, 5.41) is 3.86. The third kappa shape index (κ3) is 4.45. The molecule has 0 fully saturated rings. The Balaban J connectivity index is 2.11. The van der Waals surface area contributed by atoms with Gasteiger partial charge in [0.25, 0.3) is 0 Å². The number of hydrogen-bond donors (Lipinski definition) is 1. The highest BCUT2D eigenvalue weighted by atomic mass is 35.5. The molecule has 0 aliphatic heterocycles. The maximum absolute atomic E-state index is 13.3. The maximum atomic E-state index is 13.3. The van der Waals surface area contributed by atoms with Gasteiger partial charge < -0.3 is 10.1 Å². The first-order valence-electron chi connectivity index (χ1n) is 6.97. The highest BCUT2D eigenvalue weighted by Gasteiger charge is 2.07. The first-order chi connectivity index (χ1) is 10.1. The molecule has 0 saturated heterocycles. The van der Waals surface area contributed by atoms with Gasteiger partial charge in [0.2, 0.25) is 0 Å². The minimum Gasteiger partial charge on any atom is -0.489 e. The zero-order valence-electron chi connectivity index (χ0n) is 12.2. The van der Waals surface area contributed by atoms with Crippen LogP contribution in [0.1, 0.15) is 23.6 Å². The molecule has 0 unspecified atom stereocenters. The molecule has 0 spiro atoms. The summed E-state index contributed by atoms with van der Waals surface area (Å²) in [5.41, 5.74) is 2.83. The number of ether oxygens (including phenoxy) is 1. The predicted molar refractivity (Wildman–Crippen MR) is 84.3 cm³/mol. The van der Waals surface area contributed by atoms with E-state index in [1.54, 1.807) is 6.07 Å². The molecule has 0 heterocycles. The topological polar surface area (TPSA) is 21.3 Å². The van der Waals surface area contributed by atoms with Gasteiger partial charge in [-0.3, -0.25) is 0 Å². The Labute approximate surface area is 129 Å². The summed E-state index contributed by atoms with van der Waals surface area (Å²) in [6.07, 6.45) is 0. The van der Waals surface area contributed by atoms with Crippen molar-refractivity contribution in [3.05, 3.63) is 63.9 Å². The second-order valence-electron chi connectivity index (χ2n) is 4.92. The van der Waals surface area contributed by atoms with Crippen LogP contribution in [0.25, 0.3) is 0 Å². The lowest BCUT2D eigenvalue weighted by Gasteiger charge is -2.13. The van der Waals surface area contributed by atoms with E-state index in [9.17, 15) is 4.39 Å². The number of aryl methyl sites for hydroxylation is 1. The van der Waals surface area contributed by atoms with Gasteiger partial charge in [-0.15, -0.1) is 0 Å². The van der Waals surface area contributed by atoms with Crippen LogP contribution < -0.4 is 10.1 Å². The molecular weight excluding hydrogens is 289 g/mol. The van der Waals surface area contributed by atoms with E-state index in [4.69, 9.17) is 16.3 Å². The van der Waals surface area contributed by atoms with Crippen molar-refractivity contribution in [2.45, 2.75) is 27.0 Å². The highest BCUT2D eigenvalue weighted by molar-refractivity contribution is 6.31. The van der Waals surface area contributed by atoms with Crippen molar-refractivity contribution in [3.63, 3.8) is 0 Å². The van der Waals surface area contributed by atoms with Crippen LogP contribution in [0.5, 0.6) is 5.75 Å². The van der Waals surface area contributed by atoms with Gasteiger partial charge in [0.05, 0.1) is 0 Å². The zero-order valence-corrected chi connectivity index (χ0v) is 13.0. The maximum Gasteiger partial charge on any atom is 0.124 e. The smallest absolute Gasteiger partial charge is 0.124 e. The summed E-state index contributed by atoms with van der Waals surface area (Å²) in [4.78, 5) is 0. The van der Waals surface area contributed by atoms with Crippen molar-refractivity contribution >= 4 is 11.6 Å². The summed E-state index contributed by atoms with van der Waals surface area (Å²) >= 11 is 6.19. The summed E-state index contributed by atoms with van der Waals surface area (Å²) in [6, 6.07) is 10.4. The SMILES string of the molecule is CCNCc1cc(F)ccc1OCc1ccc(C)cc1Cl. The third-order valence-corrected chi connectivity index (χ3v) is 3.53. The molecule has 0 aliphatic rings. The lowest BCUT2D eigenvalue weighted by Crippen LogP contribution is -2.13. The van der Waals surface area contributed by atoms with E-state index in [-0.39, 0.29) is 5.82 Å². The van der Waals surface area contributed by atoms with Gasteiger partial charge >= 0.3 is 0 Å². The van der Waals surface area contributed by atoms with E-state index in [0.29, 0.717) is 23.9 Å². The molecule has 21 heavy (non-hydrogen) atoms. The van der Waals surface area contributed by atoms with Crippen LogP contribution in [-0.2, 0) is 13.2 Å². The molecule has 112 valence electrons. The standard InChI is InChI=1S/C17H19ClFNO/c1-3-20-10-14-9-15(19)6-7-17(14)21-11-13-5-4-12(2)8-16(13)18/h4-9,20H,3,10-11H2,1-2H3. The molecule has 1 N–H and O–H groups in total. The zero-order chi connectivity index (χ0) is 15.2. The summed E-state index contributed by atoms with van der Waals surface area (Å²) in [6.45, 7) is 5.76. The van der Waals surface area contributed by atoms with Gasteiger partial charge in [-0.05, 0) is 43.3 Å². The Hall–Kier alpha value is -1.58. The average Bonchev–Trinajstić information content (AvgIpc) is 2.45. The van der Waals surface area contributed by atoms with E-state index >= 15 is 0 Å². The molecule has 2 aromatic rings. The fourth-order valence-corrected chi connectivity index (χ4v) is 2.30. The van der Waals surface area contributed by atoms with Gasteiger partial charge in [-0.25, -0.2) is 4.39 Å². The highest BCUT2D eigenvalue weighted by Crippen LogP contribution is 2.23. The molecule has 0 radical (unpaired) electrons. The van der Waals surface area contributed by atoms with Gasteiger partial charge in [0.15, 0.2) is 0 Å². The second-order valence-corrected chi connectivity index (χ2v) is 5.32. The Morgan fingerprint density at radius 2 is 1.95 bits per heavy atom. The van der Waals surface area contributed by atoms with Crippen molar-refractivity contribution in [1.82, 2.24) is 5.32 Å². The van der Waals surface area contributed by atoms with Crippen LogP contribution in [0.3, 0.4) is 0 Å². The van der Waals surface area contributed by atoms with E-state index < -0.39 is 0 Å². The minimum atomic E-state index is -0.261. The molecule has 0 amide bonds. The van der Waals surface area contributed by atoms with E-state index in [0.717, 1.165) is 23.2 Å². The van der Waals surface area contributed by atoms with Crippen LogP contribution in [-0.4, -0.2) is 6.54 Å². The molecular formula is C17H19ClFNO. The number of benzene rings is 2. The normalized spacial score (nSPS) is 10.7. The van der Waals surface area contributed by atoms with Crippen molar-refractivity contribution in [1.29, 1.82) is 0 Å². The monoisotopic (exact) mass is 307 g/mol. The van der Waals surface area contributed by atoms with Gasteiger partial charge in [-0.1, -0.05) is 30.7 Å². The fourth-order valence-electron chi connectivity index (χ4n) is 2.01. The Morgan fingerprint density at radius 1 is 1.14 bits per heavy atom. The average molecular weight is 308 g/mol. The molecule has 2 aromatic carbocycles. The van der Waals surface area contributed by atoms with E-state index in [1.807, 2.05) is 32.0 Å². The van der Waals surface area contributed by atoms with Crippen LogP contribution in [0.2, 0.25) is 5.02 Å². The summed E-state index contributed by atoms with van der Waals surface area (Å²) in [5.74, 6) is 0.414. The number of nitrogens with one attached hydrogen (secondary N) is 1. The summed E-state index contributed by atoms with van der Waals surface area (Å²) in [7, 11) is 0. The molecule has 0 atom stereocenters. The summed E-state index contributed by atoms with van der Waals surface area (Å²) < 4.78 is 19.1. The van der Waals surface area contributed by atoms with Crippen LogP contribution in [0.15, 0.2) is 36.4 Å². The van der Waals surface area contributed by atoms with Gasteiger partial charge in [0, 0.05) is 22.7 Å². The number of rotatable bonds is 6. The lowest BCUT2D eigenvalue weighted by molar-refractivity contribution is 0.301. The van der Waals surface area contributed by atoms with Crippen LogP contribution in [0.4, 0.5) is 4.39 Å². The first kappa shape index (κ1) is 15.8. The Bertz CT molecular complexity index is 616. The molecule has 4 heteroatoms. The molecule has 0 aliphatic carbocycles. The first-order valence-corrected chi connectivity index (χ1v) is 7.35. The van der Waals surface area contributed by atoms with Crippen molar-refractivity contribution in [2.75, 3.05) is 6.54 Å². The van der Waals surface area contributed by atoms with E-state index in [2.05, 4.69) is 5.32 Å². The van der Waals surface area contributed by atoms with E-state index in [1.165, 1.54) is 12.1 Å². The Kier molecular flexibility index (Phi) is 5.59. The largest absolute Gasteiger partial charge is 0.489 e. The van der Waals surface area contributed by atoms with Crippen molar-refractivity contribution in [3.8, 4) is 5.75 Å². The Morgan fingerprint density at radius 3 is 2.67 bits per heavy atom.